The molecule has 2 amide bonds. The third-order valence-corrected chi connectivity index (χ3v) is 4.34. The molecule has 0 unspecified atom stereocenters. The fourth-order valence-corrected chi connectivity index (χ4v) is 2.68. The van der Waals surface area contributed by atoms with E-state index >= 15 is 0 Å². The zero-order valence-corrected chi connectivity index (χ0v) is 17.3. The fraction of sp³-hybridized carbons (Fsp3) is 0.0952. The number of carbonyl (C=O) groups is 2. The second-order valence-electron chi connectivity index (χ2n) is 6.28. The molecule has 0 atom stereocenters. The molecule has 160 valence electrons. The summed E-state index contributed by atoms with van der Waals surface area (Å²) in [5, 5.41) is 5.29. The molecule has 2 aromatic carbocycles. The van der Waals surface area contributed by atoms with Gasteiger partial charge >= 0.3 is 6.18 Å². The first-order valence-electron chi connectivity index (χ1n) is 8.83. The van der Waals surface area contributed by atoms with Crippen LogP contribution in [0, 0.1) is 0 Å². The van der Waals surface area contributed by atoms with Gasteiger partial charge in [0.15, 0.2) is 6.61 Å². The van der Waals surface area contributed by atoms with Crippen molar-refractivity contribution in [1.29, 1.82) is 0 Å². The number of nitrogens with zero attached hydrogens (tertiary/aromatic N) is 1. The number of nitrogens with one attached hydrogen (secondary N) is 2. The first kappa shape index (κ1) is 22.3. The van der Waals surface area contributed by atoms with Crippen LogP contribution in [0.5, 0.6) is 5.75 Å². The molecule has 0 aliphatic rings. The Bertz CT molecular complexity index is 1070. The van der Waals surface area contributed by atoms with Crippen molar-refractivity contribution in [3.63, 3.8) is 0 Å². The highest BCUT2D eigenvalue weighted by Crippen LogP contribution is 2.20. The lowest BCUT2D eigenvalue weighted by Crippen LogP contribution is -2.19. The number of hydrogen-bond acceptors (Lipinski definition) is 4. The molecule has 0 spiro atoms. The second-order valence-corrected chi connectivity index (χ2v) is 7.19. The number of pyridine rings is 1. The van der Waals surface area contributed by atoms with Crippen molar-refractivity contribution in [3.8, 4) is 5.75 Å². The molecular weight excluding hydrogens is 479 g/mol. The normalized spacial score (nSPS) is 11.0. The number of ether oxygens (including phenoxy) is 1. The van der Waals surface area contributed by atoms with Crippen LogP contribution < -0.4 is 15.4 Å². The molecule has 0 radical (unpaired) electrons. The molecule has 0 aliphatic carbocycles. The van der Waals surface area contributed by atoms with Crippen molar-refractivity contribution in [3.05, 3.63) is 82.5 Å². The van der Waals surface area contributed by atoms with Gasteiger partial charge in [0.05, 0.1) is 0 Å². The predicted octanol–water partition coefficient (Wildman–Crippen LogP) is 5.29. The number of carbonyl (C=O) groups excluding carboxylic acids is 2. The summed E-state index contributed by atoms with van der Waals surface area (Å²) in [5.41, 5.74) is 0.894. The van der Waals surface area contributed by atoms with Crippen LogP contribution in [-0.2, 0) is 0 Å². The number of anilines is 2. The van der Waals surface area contributed by atoms with E-state index in [9.17, 15) is 22.8 Å². The van der Waals surface area contributed by atoms with Gasteiger partial charge in [-0.25, -0.2) is 4.98 Å². The summed E-state index contributed by atoms with van der Waals surface area (Å²) < 4.78 is 42.0. The average Bonchev–Trinajstić information content (AvgIpc) is 2.74. The largest absolute Gasteiger partial charge is 0.484 e. The lowest BCUT2D eigenvalue weighted by molar-refractivity contribution is -0.153. The van der Waals surface area contributed by atoms with E-state index in [0.717, 1.165) is 4.47 Å². The van der Waals surface area contributed by atoms with Gasteiger partial charge in [-0.2, -0.15) is 13.2 Å². The van der Waals surface area contributed by atoms with Crippen molar-refractivity contribution >= 4 is 39.2 Å². The van der Waals surface area contributed by atoms with E-state index in [0.29, 0.717) is 17.1 Å². The van der Waals surface area contributed by atoms with Crippen LogP contribution in [0.4, 0.5) is 24.7 Å². The minimum Gasteiger partial charge on any atom is -0.484 e. The summed E-state index contributed by atoms with van der Waals surface area (Å²) in [6.45, 7) is -1.41. The summed E-state index contributed by atoms with van der Waals surface area (Å²) in [4.78, 5) is 28.9. The summed E-state index contributed by atoms with van der Waals surface area (Å²) >= 11 is 3.26. The molecule has 0 saturated heterocycles. The van der Waals surface area contributed by atoms with Crippen molar-refractivity contribution in [2.45, 2.75) is 6.18 Å². The third-order valence-electron chi connectivity index (χ3n) is 3.87. The second kappa shape index (κ2) is 9.61. The Morgan fingerprint density at radius 2 is 1.65 bits per heavy atom. The van der Waals surface area contributed by atoms with E-state index in [1.165, 1.54) is 30.3 Å². The molecule has 10 heteroatoms. The van der Waals surface area contributed by atoms with Crippen molar-refractivity contribution < 1.29 is 27.5 Å². The van der Waals surface area contributed by atoms with E-state index < -0.39 is 24.6 Å². The Labute approximate surface area is 183 Å². The molecule has 1 heterocycles. The number of hydrogen-bond donors (Lipinski definition) is 2. The van der Waals surface area contributed by atoms with Crippen LogP contribution in [0.2, 0.25) is 0 Å². The van der Waals surface area contributed by atoms with Gasteiger partial charge in [-0.3, -0.25) is 9.59 Å². The third kappa shape index (κ3) is 6.82. The number of amides is 2. The number of benzene rings is 2. The summed E-state index contributed by atoms with van der Waals surface area (Å²) in [5.74, 6) is -0.531. The Kier molecular flexibility index (Phi) is 6.91. The highest BCUT2D eigenvalue weighted by atomic mass is 79.9. The average molecular weight is 494 g/mol. The molecule has 2 N–H and O–H groups in total. The lowest BCUT2D eigenvalue weighted by atomic mass is 10.1. The van der Waals surface area contributed by atoms with Gasteiger partial charge < -0.3 is 15.4 Å². The Morgan fingerprint density at radius 1 is 0.935 bits per heavy atom. The lowest BCUT2D eigenvalue weighted by Gasteiger charge is -2.10. The first-order valence-corrected chi connectivity index (χ1v) is 9.63. The van der Waals surface area contributed by atoms with Crippen LogP contribution in [0.15, 0.2) is 71.3 Å². The van der Waals surface area contributed by atoms with Gasteiger partial charge in [0, 0.05) is 27.5 Å². The van der Waals surface area contributed by atoms with Gasteiger partial charge in [0.2, 0.25) is 0 Å². The minimum atomic E-state index is -4.44. The monoisotopic (exact) mass is 493 g/mol. The maximum atomic E-state index is 12.4. The molecule has 1 aromatic heterocycles. The quantitative estimate of drug-likeness (QED) is 0.488. The van der Waals surface area contributed by atoms with Gasteiger partial charge in [0.25, 0.3) is 11.8 Å². The Hall–Kier alpha value is -3.40. The van der Waals surface area contributed by atoms with Crippen LogP contribution in [0.1, 0.15) is 20.7 Å². The standard InChI is InChI=1S/C21H15BrF3N3O3/c22-15-6-9-18(26-11-15)28-20(30)14-2-1-3-16(10-14)27-19(29)13-4-7-17(8-5-13)31-12-21(23,24)25/h1-11H,12H2,(H,27,29)(H,26,28,30). The van der Waals surface area contributed by atoms with Gasteiger partial charge in [-0.1, -0.05) is 6.07 Å². The predicted molar refractivity (Wildman–Crippen MR) is 112 cm³/mol. The number of alkyl halides is 3. The van der Waals surface area contributed by atoms with Crippen LogP contribution in [-0.4, -0.2) is 29.6 Å². The Balaban J connectivity index is 1.62. The van der Waals surface area contributed by atoms with E-state index in [-0.39, 0.29) is 11.3 Å². The fourth-order valence-electron chi connectivity index (χ4n) is 2.45. The highest BCUT2D eigenvalue weighted by molar-refractivity contribution is 9.10. The molecule has 3 aromatic rings. The molecule has 0 aliphatic heterocycles. The van der Waals surface area contributed by atoms with Crippen molar-refractivity contribution in [1.82, 2.24) is 4.98 Å². The molecule has 0 saturated carbocycles. The van der Waals surface area contributed by atoms with Gasteiger partial charge in [-0.15, -0.1) is 0 Å². The van der Waals surface area contributed by atoms with E-state index in [2.05, 4.69) is 36.3 Å². The van der Waals surface area contributed by atoms with Gasteiger partial charge in [-0.05, 0) is 70.5 Å². The van der Waals surface area contributed by atoms with Crippen molar-refractivity contribution in [2.75, 3.05) is 17.2 Å². The molecule has 3 rings (SSSR count). The van der Waals surface area contributed by atoms with E-state index in [1.807, 2.05) is 0 Å². The van der Waals surface area contributed by atoms with Gasteiger partial charge in [0.1, 0.15) is 11.6 Å². The maximum absolute atomic E-state index is 12.4. The molecule has 0 fully saturated rings. The maximum Gasteiger partial charge on any atom is 0.422 e. The van der Waals surface area contributed by atoms with Crippen molar-refractivity contribution in [2.24, 2.45) is 0 Å². The minimum absolute atomic E-state index is 0.00547. The molecule has 0 bridgehead atoms. The van der Waals surface area contributed by atoms with Crippen LogP contribution in [0.3, 0.4) is 0 Å². The van der Waals surface area contributed by atoms with Crippen LogP contribution in [0.25, 0.3) is 0 Å². The summed E-state index contributed by atoms with van der Waals surface area (Å²) in [6.07, 6.45) is -2.90. The van der Waals surface area contributed by atoms with E-state index in [1.54, 1.807) is 36.5 Å². The molecular formula is C21H15BrF3N3O3. The topological polar surface area (TPSA) is 80.3 Å². The van der Waals surface area contributed by atoms with E-state index in [4.69, 9.17) is 0 Å². The first-order chi connectivity index (χ1) is 14.7. The van der Waals surface area contributed by atoms with Crippen LogP contribution >= 0.6 is 15.9 Å². The number of halogens is 4. The highest BCUT2D eigenvalue weighted by Gasteiger charge is 2.28. The zero-order chi connectivity index (χ0) is 22.4. The Morgan fingerprint density at radius 3 is 2.29 bits per heavy atom. The number of aromatic nitrogens is 1. The summed E-state index contributed by atoms with van der Waals surface area (Å²) in [7, 11) is 0. The number of rotatable bonds is 6. The summed E-state index contributed by atoms with van der Waals surface area (Å²) in [6, 6.07) is 14.9. The smallest absolute Gasteiger partial charge is 0.422 e. The SMILES string of the molecule is O=C(Nc1cccc(C(=O)Nc2ccc(Br)cn2)c1)c1ccc(OCC(F)(F)F)cc1. The molecule has 6 nitrogen and oxygen atoms in total. The molecule has 31 heavy (non-hydrogen) atoms. The zero-order valence-electron chi connectivity index (χ0n) is 15.7.